The van der Waals surface area contributed by atoms with Crippen LogP contribution in [0.4, 0.5) is 13.2 Å². The molecule has 0 aromatic heterocycles. The van der Waals surface area contributed by atoms with Gasteiger partial charge in [-0.05, 0) is 24.8 Å². The largest absolute Gasteiger partial charge is 0.503 e. The van der Waals surface area contributed by atoms with Gasteiger partial charge in [-0.1, -0.05) is 15.9 Å². The van der Waals surface area contributed by atoms with E-state index < -0.39 is 34.7 Å². The van der Waals surface area contributed by atoms with Gasteiger partial charge in [-0.15, -0.1) is 0 Å². The number of carbonyl (C=O) groups excluding carboxylic acids is 1. The molecule has 7 heteroatoms. The quantitative estimate of drug-likeness (QED) is 0.671. The Morgan fingerprint density at radius 2 is 2.10 bits per heavy atom. The maximum absolute atomic E-state index is 13.7. The van der Waals surface area contributed by atoms with Crippen molar-refractivity contribution in [2.45, 2.75) is 12.8 Å². The number of hydrogen-bond acceptors (Lipinski definition) is 2. The number of aromatic hydroxyl groups is 1. The van der Waals surface area contributed by atoms with Crippen LogP contribution in [-0.2, 0) is 0 Å². The first-order valence-electron chi connectivity index (χ1n) is 6.17. The van der Waals surface area contributed by atoms with Gasteiger partial charge >= 0.3 is 0 Å². The molecule has 1 aromatic carbocycles. The summed E-state index contributed by atoms with van der Waals surface area (Å²) in [5.74, 6) is -6.42. The minimum Gasteiger partial charge on any atom is -0.503 e. The molecule has 1 fully saturated rings. The summed E-state index contributed by atoms with van der Waals surface area (Å²) < 4.78 is 39.8. The summed E-state index contributed by atoms with van der Waals surface area (Å²) in [6, 6.07) is 0.491. The summed E-state index contributed by atoms with van der Waals surface area (Å²) in [7, 11) is 0. The molecule has 1 unspecified atom stereocenters. The minimum absolute atomic E-state index is 0.306. The molecule has 20 heavy (non-hydrogen) atoms. The van der Waals surface area contributed by atoms with Crippen molar-refractivity contribution in [3.63, 3.8) is 0 Å². The summed E-state index contributed by atoms with van der Waals surface area (Å²) >= 11 is 3.31. The van der Waals surface area contributed by atoms with E-state index in [-0.39, 0.29) is 0 Å². The van der Waals surface area contributed by atoms with Gasteiger partial charge in [0.1, 0.15) is 0 Å². The molecule has 1 aliphatic heterocycles. The summed E-state index contributed by atoms with van der Waals surface area (Å²) in [6.45, 7) is 0.888. The number of amides is 1. The first kappa shape index (κ1) is 15.2. The molecule has 1 atom stereocenters. The van der Waals surface area contributed by atoms with Crippen LogP contribution in [-0.4, -0.2) is 34.3 Å². The number of halogens is 4. The van der Waals surface area contributed by atoms with E-state index in [9.17, 15) is 18.0 Å². The molecule has 1 aromatic rings. The lowest BCUT2D eigenvalue weighted by atomic mass is 10.1. The van der Waals surface area contributed by atoms with Crippen molar-refractivity contribution < 1.29 is 23.1 Å². The van der Waals surface area contributed by atoms with E-state index in [1.54, 1.807) is 0 Å². The van der Waals surface area contributed by atoms with Gasteiger partial charge in [0, 0.05) is 18.4 Å². The fraction of sp³-hybridized carbons (Fsp3) is 0.462. The fourth-order valence-corrected chi connectivity index (χ4v) is 2.97. The number of hydrogen-bond donors (Lipinski definition) is 1. The molecule has 1 heterocycles. The van der Waals surface area contributed by atoms with Crippen LogP contribution in [0.15, 0.2) is 6.07 Å². The van der Waals surface area contributed by atoms with E-state index in [2.05, 4.69) is 15.9 Å². The van der Waals surface area contributed by atoms with Crippen LogP contribution in [0.5, 0.6) is 5.75 Å². The van der Waals surface area contributed by atoms with Crippen molar-refractivity contribution in [1.29, 1.82) is 0 Å². The highest BCUT2D eigenvalue weighted by molar-refractivity contribution is 9.09. The Morgan fingerprint density at radius 3 is 2.75 bits per heavy atom. The molecule has 1 amide bonds. The lowest BCUT2D eigenvalue weighted by Crippen LogP contribution is -2.29. The molecule has 0 bridgehead atoms. The topological polar surface area (TPSA) is 40.5 Å². The second-order valence-corrected chi connectivity index (χ2v) is 5.56. The maximum Gasteiger partial charge on any atom is 0.257 e. The van der Waals surface area contributed by atoms with Gasteiger partial charge in [-0.25, -0.2) is 8.78 Å². The zero-order chi connectivity index (χ0) is 14.9. The van der Waals surface area contributed by atoms with Gasteiger partial charge in [0.2, 0.25) is 5.82 Å². The number of rotatable bonds is 3. The van der Waals surface area contributed by atoms with Crippen LogP contribution < -0.4 is 0 Å². The predicted octanol–water partition coefficient (Wildman–Crippen LogP) is 3.06. The Bertz CT molecular complexity index is 539. The van der Waals surface area contributed by atoms with Gasteiger partial charge in [0.25, 0.3) is 5.91 Å². The number of carbonyl (C=O) groups is 1. The highest BCUT2D eigenvalue weighted by atomic mass is 79.9. The monoisotopic (exact) mass is 351 g/mol. The Balaban J connectivity index is 2.23. The molecule has 1 aliphatic rings. The van der Waals surface area contributed by atoms with E-state index >= 15 is 0 Å². The smallest absolute Gasteiger partial charge is 0.257 e. The molecule has 1 N–H and O–H groups in total. The zero-order valence-electron chi connectivity index (χ0n) is 10.5. The molecule has 2 rings (SSSR count). The van der Waals surface area contributed by atoms with Gasteiger partial charge in [0.05, 0.1) is 5.56 Å². The lowest BCUT2D eigenvalue weighted by molar-refractivity contribution is 0.0780. The predicted molar refractivity (Wildman–Crippen MR) is 70.4 cm³/mol. The standard InChI is InChI=1S/C13H13BrF3NO2/c14-3-1-7-2-4-18(6-7)13(20)8-5-9(15)11(17)12(19)10(8)16/h5,7,19H,1-4,6H2. The van der Waals surface area contributed by atoms with Crippen molar-refractivity contribution >= 4 is 21.8 Å². The number of alkyl halides is 1. The van der Waals surface area contributed by atoms with Crippen LogP contribution in [0.3, 0.4) is 0 Å². The molecule has 0 saturated carbocycles. The number of phenolic OH excluding ortho intramolecular Hbond substituents is 1. The van der Waals surface area contributed by atoms with Gasteiger partial charge < -0.3 is 10.0 Å². The molecule has 110 valence electrons. The first-order chi connectivity index (χ1) is 9.45. The van der Waals surface area contributed by atoms with E-state index in [4.69, 9.17) is 5.11 Å². The zero-order valence-corrected chi connectivity index (χ0v) is 12.1. The van der Waals surface area contributed by atoms with Crippen LogP contribution >= 0.6 is 15.9 Å². The SMILES string of the molecule is O=C(c1cc(F)c(F)c(O)c1F)N1CCC(CCBr)C1. The minimum atomic E-state index is -1.68. The fourth-order valence-electron chi connectivity index (χ4n) is 2.32. The van der Waals surface area contributed by atoms with Crippen LogP contribution in [0.2, 0.25) is 0 Å². The number of nitrogens with zero attached hydrogens (tertiary/aromatic N) is 1. The van der Waals surface area contributed by atoms with E-state index in [1.807, 2.05) is 0 Å². The Morgan fingerprint density at radius 1 is 1.40 bits per heavy atom. The van der Waals surface area contributed by atoms with E-state index in [0.717, 1.165) is 18.2 Å². The van der Waals surface area contributed by atoms with Crippen molar-refractivity contribution in [3.05, 3.63) is 29.1 Å². The molecule has 0 spiro atoms. The van der Waals surface area contributed by atoms with Crippen molar-refractivity contribution in [1.82, 2.24) is 4.90 Å². The van der Waals surface area contributed by atoms with Crippen LogP contribution in [0, 0.1) is 23.4 Å². The Hall–Kier alpha value is -1.24. The number of phenols is 1. The molecule has 3 nitrogen and oxygen atoms in total. The van der Waals surface area contributed by atoms with Crippen molar-refractivity contribution in [2.24, 2.45) is 5.92 Å². The molecular weight excluding hydrogens is 339 g/mol. The van der Waals surface area contributed by atoms with Crippen LogP contribution in [0.25, 0.3) is 0 Å². The summed E-state index contributed by atoms with van der Waals surface area (Å²) in [4.78, 5) is 13.5. The normalized spacial score (nSPS) is 18.6. The third-order valence-electron chi connectivity index (χ3n) is 3.45. The van der Waals surface area contributed by atoms with Gasteiger partial charge in [-0.2, -0.15) is 4.39 Å². The summed E-state index contributed by atoms with van der Waals surface area (Å²) in [5.41, 5.74) is -0.638. The van der Waals surface area contributed by atoms with Gasteiger partial charge in [-0.3, -0.25) is 4.79 Å². The lowest BCUT2D eigenvalue weighted by Gasteiger charge is -2.17. The first-order valence-corrected chi connectivity index (χ1v) is 7.29. The highest BCUT2D eigenvalue weighted by Gasteiger charge is 2.30. The average molecular weight is 352 g/mol. The highest BCUT2D eigenvalue weighted by Crippen LogP contribution is 2.28. The maximum atomic E-state index is 13.7. The van der Waals surface area contributed by atoms with E-state index in [0.29, 0.717) is 25.1 Å². The summed E-state index contributed by atoms with van der Waals surface area (Å²) in [5, 5.41) is 9.93. The Labute approximate surface area is 122 Å². The Kier molecular flexibility index (Phi) is 4.57. The summed E-state index contributed by atoms with van der Waals surface area (Å²) in [6.07, 6.45) is 1.67. The molecule has 0 radical (unpaired) electrons. The molecular formula is C13H13BrF3NO2. The molecule has 0 aliphatic carbocycles. The third kappa shape index (κ3) is 2.77. The third-order valence-corrected chi connectivity index (χ3v) is 3.91. The second kappa shape index (κ2) is 6.03. The second-order valence-electron chi connectivity index (χ2n) is 4.77. The number of likely N-dealkylation sites (tertiary alicyclic amines) is 1. The molecule has 1 saturated heterocycles. The average Bonchev–Trinajstić information content (AvgIpc) is 2.89. The van der Waals surface area contributed by atoms with Crippen LogP contribution in [0.1, 0.15) is 23.2 Å². The van der Waals surface area contributed by atoms with Crippen molar-refractivity contribution in [3.8, 4) is 5.75 Å². The van der Waals surface area contributed by atoms with Crippen molar-refractivity contribution in [2.75, 3.05) is 18.4 Å². The van der Waals surface area contributed by atoms with Gasteiger partial charge in [0.15, 0.2) is 17.4 Å². The van der Waals surface area contributed by atoms with E-state index in [1.165, 1.54) is 4.90 Å². The number of benzene rings is 1.